The second-order valence-corrected chi connectivity index (χ2v) is 8.23. The lowest BCUT2D eigenvalue weighted by Gasteiger charge is -2.40. The predicted molar refractivity (Wildman–Crippen MR) is 108 cm³/mol. The smallest absolute Gasteiger partial charge is 0.451 e. The fourth-order valence-electron chi connectivity index (χ4n) is 4.09. The van der Waals surface area contributed by atoms with Crippen molar-refractivity contribution in [2.75, 3.05) is 13.1 Å². The number of unbranched alkanes of at least 4 members (excludes halogenated alkanes) is 1. The van der Waals surface area contributed by atoms with Crippen LogP contribution in [0.2, 0.25) is 6.32 Å². The number of benzene rings is 1. The van der Waals surface area contributed by atoms with Crippen molar-refractivity contribution in [3.63, 3.8) is 0 Å². The minimum Gasteiger partial charge on any atom is -0.480 e. The number of hydrogen-bond acceptors (Lipinski definition) is 5. The minimum absolute atomic E-state index is 0.181. The first-order valence-electron chi connectivity index (χ1n) is 10.2. The molecule has 1 aromatic carbocycles. The summed E-state index contributed by atoms with van der Waals surface area (Å²) in [5, 5.41) is 27.5. The Morgan fingerprint density at radius 3 is 2.17 bits per heavy atom. The average Bonchev–Trinajstić information content (AvgIpc) is 2.66. The van der Waals surface area contributed by atoms with E-state index in [0.29, 0.717) is 45.3 Å². The topological polar surface area (TPSA) is 107 Å². The Hall–Kier alpha value is -1.62. The largest absolute Gasteiger partial charge is 0.480 e. The van der Waals surface area contributed by atoms with E-state index < -0.39 is 31.2 Å². The van der Waals surface area contributed by atoms with Gasteiger partial charge in [0.1, 0.15) is 5.54 Å². The van der Waals surface area contributed by atoms with Crippen LogP contribution in [0.15, 0.2) is 24.3 Å². The molecule has 168 valence electrons. The van der Waals surface area contributed by atoms with E-state index in [2.05, 4.69) is 4.90 Å². The van der Waals surface area contributed by atoms with Crippen LogP contribution in [0.25, 0.3) is 0 Å². The van der Waals surface area contributed by atoms with Crippen LogP contribution in [-0.4, -0.2) is 57.9 Å². The monoisotopic (exact) mass is 430 g/mol. The first-order valence-corrected chi connectivity index (χ1v) is 10.2. The van der Waals surface area contributed by atoms with E-state index in [1.807, 2.05) is 0 Å². The van der Waals surface area contributed by atoms with Gasteiger partial charge in [0.2, 0.25) is 0 Å². The van der Waals surface area contributed by atoms with E-state index in [9.17, 15) is 23.1 Å². The van der Waals surface area contributed by atoms with Crippen LogP contribution < -0.4 is 5.73 Å². The number of likely N-dealkylation sites (tertiary alicyclic amines) is 1. The van der Waals surface area contributed by atoms with Crippen molar-refractivity contribution in [1.29, 1.82) is 0 Å². The fraction of sp³-hybridized carbons (Fsp3) is 0.650. The Morgan fingerprint density at radius 1 is 1.10 bits per heavy atom. The van der Waals surface area contributed by atoms with Crippen molar-refractivity contribution in [3.05, 3.63) is 35.4 Å². The zero-order chi connectivity index (χ0) is 22.4. The zero-order valence-electron chi connectivity index (χ0n) is 16.9. The minimum atomic E-state index is -4.22. The van der Waals surface area contributed by atoms with Gasteiger partial charge in [0, 0.05) is 6.54 Å². The van der Waals surface area contributed by atoms with Crippen LogP contribution in [0.3, 0.4) is 0 Å². The van der Waals surface area contributed by atoms with Gasteiger partial charge in [-0.05, 0) is 55.7 Å². The number of halogens is 3. The number of carboxylic acid groups (broad SMARTS) is 1. The van der Waals surface area contributed by atoms with Crippen LogP contribution >= 0.6 is 0 Å². The molecule has 0 aromatic heterocycles. The summed E-state index contributed by atoms with van der Waals surface area (Å²) in [4.78, 5) is 14.0. The molecule has 10 heteroatoms. The second kappa shape index (κ2) is 10.6. The van der Waals surface area contributed by atoms with Gasteiger partial charge in [-0.25, -0.2) is 0 Å². The molecule has 2 rings (SSSR count). The Kier molecular flexibility index (Phi) is 8.72. The summed E-state index contributed by atoms with van der Waals surface area (Å²) in [6.07, 6.45) is -2.45. The number of carboxylic acids is 1. The van der Waals surface area contributed by atoms with Crippen LogP contribution in [-0.2, 0) is 17.8 Å². The zero-order valence-corrected chi connectivity index (χ0v) is 16.9. The van der Waals surface area contributed by atoms with Crippen molar-refractivity contribution in [2.45, 2.75) is 63.1 Å². The maximum atomic E-state index is 12.5. The summed E-state index contributed by atoms with van der Waals surface area (Å²) in [5.74, 6) is -1.22. The van der Waals surface area contributed by atoms with Gasteiger partial charge in [0.05, 0.1) is 6.42 Å². The highest BCUT2D eigenvalue weighted by Gasteiger charge is 2.42. The highest BCUT2D eigenvalue weighted by Crippen LogP contribution is 2.32. The van der Waals surface area contributed by atoms with Crippen molar-refractivity contribution in [1.82, 2.24) is 4.90 Å². The van der Waals surface area contributed by atoms with E-state index in [0.717, 1.165) is 5.56 Å². The van der Waals surface area contributed by atoms with Crippen molar-refractivity contribution in [2.24, 2.45) is 11.7 Å². The molecule has 1 heterocycles. The summed E-state index contributed by atoms with van der Waals surface area (Å²) >= 11 is 0. The number of carbonyl (C=O) groups is 1. The van der Waals surface area contributed by atoms with Gasteiger partial charge in [-0.1, -0.05) is 37.1 Å². The molecule has 1 atom stereocenters. The number of alkyl halides is 3. The fourth-order valence-corrected chi connectivity index (χ4v) is 4.09. The highest BCUT2D eigenvalue weighted by molar-refractivity contribution is 6.40. The maximum Gasteiger partial charge on any atom is 0.451 e. The third-order valence-corrected chi connectivity index (χ3v) is 5.85. The highest BCUT2D eigenvalue weighted by atomic mass is 19.4. The lowest BCUT2D eigenvalue weighted by Crippen LogP contribution is -2.56. The Morgan fingerprint density at radius 2 is 1.67 bits per heavy atom. The summed E-state index contributed by atoms with van der Waals surface area (Å²) in [6, 6.07) is 6.39. The van der Waals surface area contributed by atoms with Gasteiger partial charge in [-0.2, -0.15) is 13.2 Å². The summed E-state index contributed by atoms with van der Waals surface area (Å²) in [5.41, 5.74) is 6.07. The standard InChI is InChI=1S/C20H30BF3N2O4/c22-20(23,24)13-15-3-5-16(6-4-15)14-26-11-7-17(8-12-26)19(25,18(27)28)9-1-2-10-21(29)30/h3-6,17,29-30H,1-2,7-14,25H2,(H,27,28). The molecule has 0 saturated carbocycles. The number of nitrogens with zero attached hydrogens (tertiary/aromatic N) is 1. The third kappa shape index (κ3) is 7.57. The van der Waals surface area contributed by atoms with Gasteiger partial charge in [-0.15, -0.1) is 0 Å². The predicted octanol–water partition coefficient (Wildman–Crippen LogP) is 2.43. The molecule has 0 spiro atoms. The van der Waals surface area contributed by atoms with Gasteiger partial charge in [0.15, 0.2) is 0 Å². The first kappa shape index (κ1) is 24.7. The molecule has 1 aliphatic rings. The maximum absolute atomic E-state index is 12.5. The number of nitrogens with two attached hydrogens (primary N) is 1. The average molecular weight is 430 g/mol. The molecule has 0 bridgehead atoms. The molecule has 1 fully saturated rings. The van der Waals surface area contributed by atoms with Gasteiger partial charge < -0.3 is 20.9 Å². The van der Waals surface area contributed by atoms with E-state index in [-0.39, 0.29) is 24.2 Å². The van der Waals surface area contributed by atoms with Crippen molar-refractivity contribution in [3.8, 4) is 0 Å². The molecule has 0 amide bonds. The van der Waals surface area contributed by atoms with E-state index in [1.54, 1.807) is 12.1 Å². The van der Waals surface area contributed by atoms with Gasteiger partial charge in [0.25, 0.3) is 0 Å². The molecule has 0 radical (unpaired) electrons. The third-order valence-electron chi connectivity index (χ3n) is 5.85. The molecule has 1 aliphatic heterocycles. The molecule has 5 N–H and O–H groups in total. The van der Waals surface area contributed by atoms with E-state index in [4.69, 9.17) is 15.8 Å². The quantitative estimate of drug-likeness (QED) is 0.336. The molecule has 1 aromatic rings. The molecule has 6 nitrogen and oxygen atoms in total. The number of rotatable bonds is 10. The molecular formula is C20H30BF3N2O4. The number of aliphatic carboxylic acids is 1. The lowest BCUT2D eigenvalue weighted by atomic mass is 9.74. The van der Waals surface area contributed by atoms with Gasteiger partial charge >= 0.3 is 19.3 Å². The van der Waals surface area contributed by atoms with Crippen LogP contribution in [0.5, 0.6) is 0 Å². The number of piperidine rings is 1. The van der Waals surface area contributed by atoms with Crippen LogP contribution in [0.1, 0.15) is 43.2 Å². The van der Waals surface area contributed by atoms with Gasteiger partial charge in [-0.3, -0.25) is 9.69 Å². The normalized spacial score (nSPS) is 18.2. The first-order chi connectivity index (χ1) is 14.0. The van der Waals surface area contributed by atoms with E-state index in [1.165, 1.54) is 12.1 Å². The molecule has 1 unspecified atom stereocenters. The Bertz CT molecular complexity index is 680. The van der Waals surface area contributed by atoms with Crippen LogP contribution in [0.4, 0.5) is 13.2 Å². The molecule has 0 aliphatic carbocycles. The summed E-state index contributed by atoms with van der Waals surface area (Å²) in [7, 11) is -1.40. The SMILES string of the molecule is NC(CCCCB(O)O)(C(=O)O)C1CCN(Cc2ccc(CC(F)(F)F)cc2)CC1. The second-order valence-electron chi connectivity index (χ2n) is 8.23. The lowest BCUT2D eigenvalue weighted by molar-refractivity contribution is -0.147. The molecular weight excluding hydrogens is 400 g/mol. The summed E-state index contributed by atoms with van der Waals surface area (Å²) < 4.78 is 37.4. The molecule has 30 heavy (non-hydrogen) atoms. The molecule has 1 saturated heterocycles. The number of hydrogen-bond donors (Lipinski definition) is 4. The van der Waals surface area contributed by atoms with E-state index >= 15 is 0 Å². The van der Waals surface area contributed by atoms with Crippen molar-refractivity contribution >= 4 is 13.1 Å². The van der Waals surface area contributed by atoms with Crippen molar-refractivity contribution < 1.29 is 33.1 Å². The Labute approximate surface area is 175 Å². The Balaban J connectivity index is 1.85. The van der Waals surface area contributed by atoms with Crippen LogP contribution in [0, 0.1) is 5.92 Å². The summed E-state index contributed by atoms with van der Waals surface area (Å²) in [6.45, 7) is 1.92.